The van der Waals surface area contributed by atoms with Gasteiger partial charge in [0.1, 0.15) is 5.82 Å². The average molecular weight is 521 g/mol. The van der Waals surface area contributed by atoms with Crippen LogP contribution in [0.5, 0.6) is 0 Å². The van der Waals surface area contributed by atoms with Gasteiger partial charge in [0.2, 0.25) is 15.9 Å². The molecule has 7 nitrogen and oxygen atoms in total. The predicted octanol–water partition coefficient (Wildman–Crippen LogP) is 2.64. The van der Waals surface area contributed by atoms with E-state index in [9.17, 15) is 30.8 Å². The maximum absolute atomic E-state index is 14.2. The molecule has 0 radical (unpaired) electrons. The number of alkyl halides is 3. The molecule has 34 heavy (non-hydrogen) atoms. The molecule has 1 aliphatic heterocycles. The molecule has 0 fully saturated rings. The number of nitrogens with one attached hydrogen (secondary N) is 4. The second kappa shape index (κ2) is 9.90. The molecule has 1 atom stereocenters. The molecule has 1 heterocycles. The van der Waals surface area contributed by atoms with Crippen molar-refractivity contribution in [1.82, 2.24) is 20.9 Å². The topological polar surface area (TPSA) is 99.3 Å². The van der Waals surface area contributed by atoms with Gasteiger partial charge in [0.05, 0.1) is 19.2 Å². The van der Waals surface area contributed by atoms with E-state index >= 15 is 0 Å². The van der Waals surface area contributed by atoms with Gasteiger partial charge in [-0.2, -0.15) is 13.2 Å². The van der Waals surface area contributed by atoms with Gasteiger partial charge in [0.25, 0.3) is 0 Å². The fourth-order valence-corrected chi connectivity index (χ4v) is 3.92. The monoisotopic (exact) mass is 520 g/mol. The summed E-state index contributed by atoms with van der Waals surface area (Å²) in [4.78, 5) is 12.3. The zero-order valence-electron chi connectivity index (χ0n) is 17.8. The molecule has 4 N–H and O–H groups in total. The summed E-state index contributed by atoms with van der Waals surface area (Å²) in [5.74, 6) is -1.24. The van der Waals surface area contributed by atoms with Gasteiger partial charge >= 0.3 is 6.18 Å². The highest BCUT2D eigenvalue weighted by Gasteiger charge is 2.57. The molecule has 0 bridgehead atoms. The van der Waals surface area contributed by atoms with E-state index in [4.69, 9.17) is 11.6 Å². The molecule has 13 heteroatoms. The van der Waals surface area contributed by atoms with E-state index in [1.165, 1.54) is 36.4 Å². The summed E-state index contributed by atoms with van der Waals surface area (Å²) < 4.78 is 80.4. The van der Waals surface area contributed by atoms with Crippen LogP contribution in [0.3, 0.4) is 0 Å². The third-order valence-corrected chi connectivity index (χ3v) is 5.92. The molecule has 1 aliphatic rings. The van der Waals surface area contributed by atoms with Crippen LogP contribution in [0.2, 0.25) is 5.02 Å². The number of amides is 1. The highest BCUT2D eigenvalue weighted by Crippen LogP contribution is 2.42. The Hall–Kier alpha value is -2.67. The number of hydrogen-bond donors (Lipinski definition) is 4. The third-order valence-electron chi connectivity index (χ3n) is 5.02. The van der Waals surface area contributed by atoms with Gasteiger partial charge in [-0.1, -0.05) is 35.9 Å². The summed E-state index contributed by atoms with van der Waals surface area (Å²) in [7, 11) is -3.50. The summed E-state index contributed by atoms with van der Waals surface area (Å²) in [5.41, 5.74) is 2.53. The Labute approximate surface area is 198 Å². The molecule has 0 aromatic heterocycles. The van der Waals surface area contributed by atoms with Crippen molar-refractivity contribution in [3.8, 4) is 0 Å². The lowest BCUT2D eigenvalue weighted by molar-refractivity contribution is -0.184. The second-order valence-corrected chi connectivity index (χ2v) is 9.98. The number of carbonyl (C=O) groups is 1. The molecular formula is C21H21ClF4N4O3S. The number of sulfonamides is 1. The molecule has 2 aromatic carbocycles. The van der Waals surface area contributed by atoms with Crippen molar-refractivity contribution < 1.29 is 30.8 Å². The smallest absolute Gasteiger partial charge is 0.350 e. The normalized spacial score (nSPS) is 18.4. The van der Waals surface area contributed by atoms with E-state index in [-0.39, 0.29) is 41.4 Å². The Morgan fingerprint density at radius 1 is 1.15 bits per heavy atom. The Balaban J connectivity index is 1.65. The molecule has 0 saturated heterocycles. The van der Waals surface area contributed by atoms with Crippen molar-refractivity contribution in [1.29, 1.82) is 0 Å². The van der Waals surface area contributed by atoms with Gasteiger partial charge in [-0.25, -0.2) is 23.0 Å². The van der Waals surface area contributed by atoms with Crippen LogP contribution in [0, 0.1) is 5.82 Å². The first-order chi connectivity index (χ1) is 15.8. The van der Waals surface area contributed by atoms with Crippen LogP contribution in [0.25, 0.3) is 0 Å². The van der Waals surface area contributed by atoms with Crippen molar-refractivity contribution in [2.75, 3.05) is 12.8 Å². The zero-order valence-corrected chi connectivity index (χ0v) is 19.3. The molecule has 0 aliphatic carbocycles. The summed E-state index contributed by atoms with van der Waals surface area (Å²) in [6.45, 7) is -0.472. The van der Waals surface area contributed by atoms with Gasteiger partial charge in [0.15, 0.2) is 5.54 Å². The highest BCUT2D eigenvalue weighted by molar-refractivity contribution is 7.88. The van der Waals surface area contributed by atoms with Gasteiger partial charge < -0.3 is 10.7 Å². The van der Waals surface area contributed by atoms with Gasteiger partial charge in [-0.05, 0) is 35.4 Å². The Kier molecular flexibility index (Phi) is 7.56. The molecule has 184 valence electrons. The first-order valence-corrected chi connectivity index (χ1v) is 12.1. The fourth-order valence-electron chi connectivity index (χ4n) is 3.31. The molecule has 0 spiro atoms. The first-order valence-electron chi connectivity index (χ1n) is 9.85. The van der Waals surface area contributed by atoms with E-state index in [0.717, 1.165) is 18.4 Å². The van der Waals surface area contributed by atoms with Gasteiger partial charge in [-0.3, -0.25) is 4.79 Å². The van der Waals surface area contributed by atoms with Crippen LogP contribution in [-0.4, -0.2) is 33.3 Å². The minimum Gasteiger partial charge on any atom is -0.350 e. The summed E-state index contributed by atoms with van der Waals surface area (Å²) in [6, 6.07) is 9.26. The van der Waals surface area contributed by atoms with E-state index in [1.54, 1.807) is 0 Å². The van der Waals surface area contributed by atoms with Crippen molar-refractivity contribution in [3.63, 3.8) is 0 Å². The molecule has 1 amide bonds. The zero-order chi connectivity index (χ0) is 25.1. The minimum absolute atomic E-state index is 0.0824. The quantitative estimate of drug-likeness (QED) is 0.401. The van der Waals surface area contributed by atoms with Gasteiger partial charge in [0, 0.05) is 22.8 Å². The lowest BCUT2D eigenvalue weighted by atomic mass is 9.89. The molecular weight excluding hydrogens is 500 g/mol. The average Bonchev–Trinajstić information content (AvgIpc) is 3.17. The van der Waals surface area contributed by atoms with E-state index < -0.39 is 33.5 Å². The third kappa shape index (κ3) is 6.26. The van der Waals surface area contributed by atoms with Crippen molar-refractivity contribution in [2.24, 2.45) is 0 Å². The highest BCUT2D eigenvalue weighted by atomic mass is 35.5. The standard InChI is InChI=1S/C21H21ClF4N4O3S/c1-34(32,33)28-11-14-6-5-13(7-18(14)23)8-19(31)27-12-17-10-20(30-29-17,21(24,25)26)15-3-2-4-16(22)9-15/h2-7,9-10,28-30H,8,11-12H2,1H3,(H,27,31). The molecule has 2 aromatic rings. The SMILES string of the molecule is CS(=O)(=O)NCc1ccc(CC(=O)NCC2=CC(c3cccc(Cl)c3)(C(F)(F)F)NN2)cc1F. The summed E-state index contributed by atoms with van der Waals surface area (Å²) >= 11 is 5.86. The maximum Gasteiger partial charge on any atom is 0.416 e. The number of hydrazine groups is 1. The van der Waals surface area contributed by atoms with Crippen LogP contribution < -0.4 is 20.9 Å². The largest absolute Gasteiger partial charge is 0.416 e. The minimum atomic E-state index is -4.71. The second-order valence-electron chi connectivity index (χ2n) is 7.71. The Morgan fingerprint density at radius 3 is 2.50 bits per heavy atom. The molecule has 3 rings (SSSR count). The van der Waals surface area contributed by atoms with E-state index in [2.05, 4.69) is 20.9 Å². The fraction of sp³-hybridized carbons (Fsp3) is 0.286. The molecule has 0 saturated carbocycles. The number of hydrogen-bond acceptors (Lipinski definition) is 5. The first kappa shape index (κ1) is 25.9. The number of carbonyl (C=O) groups excluding carboxylic acids is 1. The Bertz CT molecular complexity index is 1220. The van der Waals surface area contributed by atoms with E-state index in [0.29, 0.717) is 5.56 Å². The lowest BCUT2D eigenvalue weighted by Crippen LogP contribution is -2.53. The number of rotatable bonds is 8. The maximum atomic E-state index is 14.2. The van der Waals surface area contributed by atoms with Gasteiger partial charge in [-0.15, -0.1) is 0 Å². The number of benzene rings is 2. The summed E-state index contributed by atoms with van der Waals surface area (Å²) in [6.07, 6.45) is -3.05. The van der Waals surface area contributed by atoms with E-state index in [1.807, 2.05) is 0 Å². The van der Waals surface area contributed by atoms with Crippen molar-refractivity contribution in [2.45, 2.75) is 24.7 Å². The predicted molar refractivity (Wildman–Crippen MR) is 118 cm³/mol. The number of halogens is 5. The summed E-state index contributed by atoms with van der Waals surface area (Å²) in [5, 5.41) is 2.63. The van der Waals surface area contributed by atoms with Crippen molar-refractivity contribution >= 4 is 27.5 Å². The van der Waals surface area contributed by atoms with Crippen LogP contribution in [0.4, 0.5) is 17.6 Å². The van der Waals surface area contributed by atoms with Crippen LogP contribution in [0.1, 0.15) is 16.7 Å². The van der Waals surface area contributed by atoms with Crippen LogP contribution in [0.15, 0.2) is 54.2 Å². The van der Waals surface area contributed by atoms with Crippen LogP contribution >= 0.6 is 11.6 Å². The van der Waals surface area contributed by atoms with Crippen molar-refractivity contribution in [3.05, 3.63) is 81.8 Å². The lowest BCUT2D eigenvalue weighted by Gasteiger charge is -2.30. The van der Waals surface area contributed by atoms with Crippen LogP contribution in [-0.2, 0) is 33.3 Å². The Morgan fingerprint density at radius 2 is 1.88 bits per heavy atom. The molecule has 1 unspecified atom stereocenters.